The van der Waals surface area contributed by atoms with Crippen LogP contribution >= 0.6 is 0 Å². The first-order chi connectivity index (χ1) is 13.7. The topological polar surface area (TPSA) is 92.4 Å². The molecule has 2 aromatic rings. The van der Waals surface area contributed by atoms with Gasteiger partial charge in [-0.3, -0.25) is 10.1 Å². The molecule has 0 fully saturated rings. The normalized spacial score (nSPS) is 16.7. The van der Waals surface area contributed by atoms with Gasteiger partial charge in [-0.05, 0) is 43.0 Å². The minimum Gasteiger partial charge on any atom is -0.497 e. The predicted molar refractivity (Wildman–Crippen MR) is 101 cm³/mol. The molecule has 2 aliphatic rings. The first-order valence-electron chi connectivity index (χ1n) is 9.02. The smallest absolute Gasteiger partial charge is 0.270 e. The summed E-state index contributed by atoms with van der Waals surface area (Å²) < 4.78 is 16.0. The van der Waals surface area contributed by atoms with Crippen molar-refractivity contribution in [3.05, 3.63) is 62.7 Å². The van der Waals surface area contributed by atoms with Gasteiger partial charge in [0.1, 0.15) is 18.1 Å². The summed E-state index contributed by atoms with van der Waals surface area (Å²) >= 11 is 0. The van der Waals surface area contributed by atoms with Gasteiger partial charge in [0.2, 0.25) is 0 Å². The van der Waals surface area contributed by atoms with E-state index in [9.17, 15) is 10.1 Å². The number of benzene rings is 2. The second-order valence-electron chi connectivity index (χ2n) is 6.65. The van der Waals surface area contributed by atoms with E-state index < -0.39 is 4.92 Å². The van der Waals surface area contributed by atoms with Crippen molar-refractivity contribution in [2.45, 2.75) is 32.5 Å². The maximum absolute atomic E-state index is 11.2. The standard InChI is InChI=1S/C20H20N2O6/c1-25-17-5-6-18-13(9-17)3-2-4-19(18)21-28-11-15-8-16(22(23)24)7-14-10-26-12-27-20(14)15/h5-9H,2-4,10-12H2,1H3. The lowest BCUT2D eigenvalue weighted by molar-refractivity contribution is -0.385. The SMILES string of the molecule is COc1ccc2c(c1)CCCC2=NOCc1cc([N+](=O)[O-])cc2c1OCOC2. The molecule has 1 aliphatic carbocycles. The minimum atomic E-state index is -0.435. The number of nitro groups is 1. The van der Waals surface area contributed by atoms with Crippen LogP contribution in [0.25, 0.3) is 0 Å². The Morgan fingerprint density at radius 2 is 2.11 bits per heavy atom. The molecular formula is C20H20N2O6. The van der Waals surface area contributed by atoms with Crippen molar-refractivity contribution in [1.29, 1.82) is 0 Å². The molecule has 0 N–H and O–H groups in total. The van der Waals surface area contributed by atoms with Crippen LogP contribution in [0.4, 0.5) is 5.69 Å². The Morgan fingerprint density at radius 3 is 2.93 bits per heavy atom. The number of aryl methyl sites for hydroxylation is 1. The summed E-state index contributed by atoms with van der Waals surface area (Å²) in [6.07, 6.45) is 2.77. The Bertz CT molecular complexity index is 941. The van der Waals surface area contributed by atoms with E-state index in [1.807, 2.05) is 18.2 Å². The summed E-state index contributed by atoms with van der Waals surface area (Å²) in [7, 11) is 1.65. The van der Waals surface area contributed by atoms with Crippen LogP contribution in [-0.2, 0) is 29.2 Å². The molecule has 0 spiro atoms. The molecule has 0 radical (unpaired) electrons. The third kappa shape index (κ3) is 3.63. The molecule has 1 heterocycles. The summed E-state index contributed by atoms with van der Waals surface area (Å²) in [5, 5.41) is 15.5. The van der Waals surface area contributed by atoms with E-state index >= 15 is 0 Å². The fourth-order valence-corrected chi connectivity index (χ4v) is 3.53. The molecule has 0 amide bonds. The minimum absolute atomic E-state index is 0.0192. The molecule has 8 heteroatoms. The first-order valence-corrected chi connectivity index (χ1v) is 9.02. The molecule has 8 nitrogen and oxygen atoms in total. The van der Waals surface area contributed by atoms with E-state index in [-0.39, 0.29) is 25.7 Å². The average molecular weight is 384 g/mol. The van der Waals surface area contributed by atoms with Gasteiger partial charge in [0, 0.05) is 28.8 Å². The molecule has 0 unspecified atom stereocenters. The Labute approximate surface area is 161 Å². The Kier molecular flexibility index (Phi) is 5.12. The van der Waals surface area contributed by atoms with E-state index in [1.165, 1.54) is 17.7 Å². The van der Waals surface area contributed by atoms with Crippen LogP contribution in [0.2, 0.25) is 0 Å². The fraction of sp³-hybridized carbons (Fsp3) is 0.350. The van der Waals surface area contributed by atoms with Crippen molar-refractivity contribution >= 4 is 11.4 Å². The van der Waals surface area contributed by atoms with Crippen molar-refractivity contribution < 1.29 is 24.0 Å². The Balaban J connectivity index is 1.56. The van der Waals surface area contributed by atoms with Crippen LogP contribution in [0, 0.1) is 10.1 Å². The lowest BCUT2D eigenvalue weighted by Gasteiger charge is -2.20. The second-order valence-corrected chi connectivity index (χ2v) is 6.65. The average Bonchev–Trinajstić information content (AvgIpc) is 2.73. The maximum atomic E-state index is 11.2. The van der Waals surface area contributed by atoms with E-state index in [4.69, 9.17) is 19.0 Å². The largest absolute Gasteiger partial charge is 0.497 e. The lowest BCUT2D eigenvalue weighted by Crippen LogP contribution is -2.14. The summed E-state index contributed by atoms with van der Waals surface area (Å²) in [6.45, 7) is 0.467. The zero-order valence-corrected chi connectivity index (χ0v) is 15.5. The highest BCUT2D eigenvalue weighted by molar-refractivity contribution is 6.02. The van der Waals surface area contributed by atoms with Crippen LogP contribution in [-0.4, -0.2) is 24.5 Å². The van der Waals surface area contributed by atoms with E-state index in [0.29, 0.717) is 16.9 Å². The van der Waals surface area contributed by atoms with E-state index in [2.05, 4.69) is 5.16 Å². The van der Waals surface area contributed by atoms with Crippen molar-refractivity contribution in [2.24, 2.45) is 5.16 Å². The molecule has 0 atom stereocenters. The Morgan fingerprint density at radius 1 is 1.21 bits per heavy atom. The van der Waals surface area contributed by atoms with Gasteiger partial charge in [0.25, 0.3) is 5.69 Å². The lowest BCUT2D eigenvalue weighted by atomic mass is 9.90. The Hall–Kier alpha value is -3.13. The monoisotopic (exact) mass is 384 g/mol. The van der Waals surface area contributed by atoms with Crippen molar-refractivity contribution in [1.82, 2.24) is 0 Å². The van der Waals surface area contributed by atoms with Crippen LogP contribution in [0.5, 0.6) is 11.5 Å². The summed E-state index contributed by atoms with van der Waals surface area (Å²) in [4.78, 5) is 16.3. The van der Waals surface area contributed by atoms with Crippen LogP contribution in [0.3, 0.4) is 0 Å². The quantitative estimate of drug-likeness (QED) is 0.576. The molecule has 2 aromatic carbocycles. The van der Waals surface area contributed by atoms with E-state index in [0.717, 1.165) is 36.3 Å². The highest BCUT2D eigenvalue weighted by Crippen LogP contribution is 2.33. The van der Waals surface area contributed by atoms with Gasteiger partial charge < -0.3 is 19.0 Å². The molecular weight excluding hydrogens is 364 g/mol. The number of methoxy groups -OCH3 is 1. The van der Waals surface area contributed by atoms with Crippen molar-refractivity contribution in [3.63, 3.8) is 0 Å². The summed E-state index contributed by atoms with van der Waals surface area (Å²) in [5.41, 5.74) is 4.31. The second kappa shape index (κ2) is 7.85. The van der Waals surface area contributed by atoms with Crippen molar-refractivity contribution in [2.75, 3.05) is 13.9 Å². The molecule has 0 saturated heterocycles. The van der Waals surface area contributed by atoms with Crippen LogP contribution in [0.1, 0.15) is 35.1 Å². The number of nitro benzene ring substituents is 1. The highest BCUT2D eigenvalue weighted by atomic mass is 16.7. The number of non-ortho nitro benzene ring substituents is 1. The zero-order chi connectivity index (χ0) is 19.5. The van der Waals surface area contributed by atoms with Gasteiger partial charge in [-0.15, -0.1) is 0 Å². The highest BCUT2D eigenvalue weighted by Gasteiger charge is 2.22. The molecule has 1 aliphatic heterocycles. The van der Waals surface area contributed by atoms with Gasteiger partial charge in [0.05, 0.1) is 24.4 Å². The van der Waals surface area contributed by atoms with Crippen LogP contribution in [0.15, 0.2) is 35.5 Å². The first kappa shape index (κ1) is 18.2. The number of oxime groups is 1. The zero-order valence-electron chi connectivity index (χ0n) is 15.5. The summed E-state index contributed by atoms with van der Waals surface area (Å²) in [5.74, 6) is 1.40. The number of hydrogen-bond donors (Lipinski definition) is 0. The van der Waals surface area contributed by atoms with E-state index in [1.54, 1.807) is 7.11 Å². The van der Waals surface area contributed by atoms with Gasteiger partial charge in [-0.2, -0.15) is 0 Å². The predicted octanol–water partition coefficient (Wildman–Crippen LogP) is 3.73. The number of nitrogens with zero attached hydrogens (tertiary/aromatic N) is 2. The molecule has 0 bridgehead atoms. The van der Waals surface area contributed by atoms with Crippen molar-refractivity contribution in [3.8, 4) is 11.5 Å². The third-order valence-corrected chi connectivity index (χ3v) is 4.86. The van der Waals surface area contributed by atoms with Crippen LogP contribution < -0.4 is 9.47 Å². The van der Waals surface area contributed by atoms with Gasteiger partial charge in [-0.25, -0.2) is 0 Å². The number of rotatable bonds is 5. The number of hydrogen-bond acceptors (Lipinski definition) is 7. The third-order valence-electron chi connectivity index (χ3n) is 4.86. The number of fused-ring (bicyclic) bond motifs is 2. The maximum Gasteiger partial charge on any atom is 0.270 e. The van der Waals surface area contributed by atoms with Gasteiger partial charge in [0.15, 0.2) is 6.79 Å². The molecule has 146 valence electrons. The fourth-order valence-electron chi connectivity index (χ4n) is 3.53. The molecule has 0 aromatic heterocycles. The molecule has 4 rings (SSSR count). The molecule has 28 heavy (non-hydrogen) atoms. The van der Waals surface area contributed by atoms with Gasteiger partial charge in [-0.1, -0.05) is 5.16 Å². The summed E-state index contributed by atoms with van der Waals surface area (Å²) in [6, 6.07) is 8.85. The molecule has 0 saturated carbocycles. The number of ether oxygens (including phenoxy) is 3. The van der Waals surface area contributed by atoms with Gasteiger partial charge >= 0.3 is 0 Å².